The number of aliphatic hydroxyl groups is 1. The van der Waals surface area contributed by atoms with Crippen molar-refractivity contribution in [1.29, 1.82) is 0 Å². The predicted octanol–water partition coefficient (Wildman–Crippen LogP) is 1.76. The van der Waals surface area contributed by atoms with Gasteiger partial charge in [0.2, 0.25) is 5.91 Å². The normalized spacial score (nSPS) is 14.1. The summed E-state index contributed by atoms with van der Waals surface area (Å²) in [7, 11) is 0.594. The summed E-state index contributed by atoms with van der Waals surface area (Å²) in [4.78, 5) is 22.6. The quantitative estimate of drug-likeness (QED) is 0.653. The van der Waals surface area contributed by atoms with E-state index < -0.39 is 47.4 Å². The molecule has 0 saturated carbocycles. The molecule has 0 saturated heterocycles. The lowest BCUT2D eigenvalue weighted by Gasteiger charge is -2.26. The molecule has 5 nitrogen and oxygen atoms in total. The molecule has 0 spiro atoms. The Kier molecular flexibility index (Phi) is 5.07. The zero-order chi connectivity index (χ0) is 17.1. The predicted molar refractivity (Wildman–Crippen MR) is 62.6 cm³/mol. The van der Waals surface area contributed by atoms with Gasteiger partial charge in [-0.15, -0.1) is 0 Å². The average Bonchev–Trinajstić information content (AvgIpc) is 2.39. The molecule has 0 heterocycles. The molecule has 10 heteroatoms. The Morgan fingerprint density at radius 2 is 1.86 bits per heavy atom. The molecule has 0 fully saturated rings. The maximum absolute atomic E-state index is 13.3. The number of benzene rings is 1. The monoisotopic (exact) mass is 327 g/mol. The van der Waals surface area contributed by atoms with E-state index >= 15 is 0 Å². The second-order valence-corrected chi connectivity index (χ2v) is 4.20. The highest BCUT2D eigenvalue weighted by atomic mass is 19.4. The van der Waals surface area contributed by atoms with Crippen molar-refractivity contribution in [2.24, 2.45) is 0 Å². The number of nitrogens with one attached hydrogen (secondary N) is 1. The molecule has 0 bridgehead atoms. The zero-order valence-corrected chi connectivity index (χ0v) is 11.0. The van der Waals surface area contributed by atoms with E-state index in [9.17, 15) is 36.6 Å². The summed E-state index contributed by atoms with van der Waals surface area (Å²) in [6.45, 7) is 0. The minimum Gasteiger partial charge on any atom is -0.467 e. The van der Waals surface area contributed by atoms with Crippen molar-refractivity contribution >= 4 is 17.6 Å². The zero-order valence-electron chi connectivity index (χ0n) is 11.0. The highest BCUT2D eigenvalue weighted by Crippen LogP contribution is 2.34. The van der Waals surface area contributed by atoms with Crippen LogP contribution in [0.15, 0.2) is 18.2 Å². The lowest BCUT2D eigenvalue weighted by Crippen LogP contribution is -2.54. The molecular formula is C12H10F5NO4. The first-order valence-electron chi connectivity index (χ1n) is 5.63. The van der Waals surface area contributed by atoms with Crippen molar-refractivity contribution in [2.45, 2.75) is 18.2 Å². The second kappa shape index (κ2) is 6.26. The number of halogens is 5. The summed E-state index contributed by atoms with van der Waals surface area (Å²) < 4.78 is 67.9. The molecular weight excluding hydrogens is 317 g/mol. The Labute approximate surface area is 120 Å². The van der Waals surface area contributed by atoms with Gasteiger partial charge < -0.3 is 15.2 Å². The minimum absolute atomic E-state index is 0.395. The Morgan fingerprint density at radius 1 is 1.27 bits per heavy atom. The molecule has 0 unspecified atom stereocenters. The van der Waals surface area contributed by atoms with Gasteiger partial charge in [-0.25, -0.2) is 13.6 Å². The Bertz CT molecular complexity index is 589. The van der Waals surface area contributed by atoms with E-state index in [4.69, 9.17) is 0 Å². The van der Waals surface area contributed by atoms with Crippen LogP contribution in [0.2, 0.25) is 0 Å². The van der Waals surface area contributed by atoms with Crippen LogP contribution in [0.5, 0.6) is 0 Å². The summed E-state index contributed by atoms with van der Waals surface area (Å²) in [6.07, 6.45) is -7.24. The summed E-state index contributed by atoms with van der Waals surface area (Å²) in [5, 5.41) is 11.1. The lowest BCUT2D eigenvalue weighted by molar-refractivity contribution is -0.261. The molecule has 22 heavy (non-hydrogen) atoms. The third kappa shape index (κ3) is 3.70. The van der Waals surface area contributed by atoms with Gasteiger partial charge >= 0.3 is 12.1 Å². The van der Waals surface area contributed by atoms with Crippen LogP contribution in [-0.2, 0) is 14.3 Å². The van der Waals surface area contributed by atoms with Crippen LogP contribution in [-0.4, -0.2) is 35.9 Å². The van der Waals surface area contributed by atoms with Crippen molar-refractivity contribution in [3.8, 4) is 0 Å². The number of alkyl halides is 3. The van der Waals surface area contributed by atoms with E-state index in [-0.39, 0.29) is 0 Å². The molecule has 0 aliphatic heterocycles. The van der Waals surface area contributed by atoms with Crippen LogP contribution in [0.1, 0.15) is 6.42 Å². The van der Waals surface area contributed by atoms with Crippen molar-refractivity contribution in [3.05, 3.63) is 29.8 Å². The van der Waals surface area contributed by atoms with Gasteiger partial charge in [-0.3, -0.25) is 4.79 Å². The third-order valence-corrected chi connectivity index (χ3v) is 2.61. The maximum Gasteiger partial charge on any atom is 0.428 e. The van der Waals surface area contributed by atoms with Gasteiger partial charge in [0.25, 0.3) is 5.60 Å². The van der Waals surface area contributed by atoms with Crippen molar-refractivity contribution < 1.29 is 41.4 Å². The van der Waals surface area contributed by atoms with E-state index in [1.54, 1.807) is 5.32 Å². The molecule has 1 aromatic carbocycles. The molecule has 0 aliphatic carbocycles. The van der Waals surface area contributed by atoms with E-state index in [0.717, 1.165) is 12.1 Å². The topological polar surface area (TPSA) is 75.6 Å². The SMILES string of the molecule is COC(=O)[C@@](O)(CC(=O)Nc1ccc(F)cc1F)C(F)(F)F. The first-order chi connectivity index (χ1) is 10.0. The number of rotatable bonds is 4. The lowest BCUT2D eigenvalue weighted by atomic mass is 9.98. The second-order valence-electron chi connectivity index (χ2n) is 4.20. The van der Waals surface area contributed by atoms with Gasteiger partial charge in [-0.05, 0) is 12.1 Å². The minimum atomic E-state index is -5.49. The van der Waals surface area contributed by atoms with Gasteiger partial charge in [-0.1, -0.05) is 0 Å². The Morgan fingerprint density at radius 3 is 2.32 bits per heavy atom. The van der Waals surface area contributed by atoms with Crippen molar-refractivity contribution in [1.82, 2.24) is 0 Å². The molecule has 0 radical (unpaired) electrons. The largest absolute Gasteiger partial charge is 0.467 e. The molecule has 122 valence electrons. The van der Waals surface area contributed by atoms with E-state index in [0.29, 0.717) is 13.2 Å². The fraction of sp³-hybridized carbons (Fsp3) is 0.333. The number of carbonyl (C=O) groups excluding carboxylic acids is 2. The van der Waals surface area contributed by atoms with Crippen molar-refractivity contribution in [3.63, 3.8) is 0 Å². The van der Waals surface area contributed by atoms with Gasteiger partial charge in [0.1, 0.15) is 11.6 Å². The number of anilines is 1. The Balaban J connectivity index is 2.95. The first kappa shape index (κ1) is 17.8. The van der Waals surface area contributed by atoms with Crippen LogP contribution in [0.4, 0.5) is 27.6 Å². The third-order valence-electron chi connectivity index (χ3n) is 2.61. The summed E-state index contributed by atoms with van der Waals surface area (Å²) in [5.41, 5.74) is -4.69. The molecule has 1 aromatic rings. The molecule has 2 N–H and O–H groups in total. The van der Waals surface area contributed by atoms with Crippen LogP contribution in [0.25, 0.3) is 0 Å². The standard InChI is InChI=1S/C12H10F5NO4/c1-22-10(20)11(21,12(15,16)17)5-9(19)18-8-3-2-6(13)4-7(8)14/h2-4,21H,5H2,1H3,(H,18,19)/t11-/m0/s1. The molecule has 1 rings (SSSR count). The van der Waals surface area contributed by atoms with Crippen molar-refractivity contribution in [2.75, 3.05) is 12.4 Å². The van der Waals surface area contributed by atoms with Crippen LogP contribution < -0.4 is 5.32 Å². The maximum atomic E-state index is 13.3. The average molecular weight is 327 g/mol. The number of hydrogen-bond donors (Lipinski definition) is 2. The highest BCUT2D eigenvalue weighted by Gasteiger charge is 2.61. The highest BCUT2D eigenvalue weighted by molar-refractivity contribution is 5.96. The summed E-state index contributed by atoms with van der Waals surface area (Å²) in [6, 6.07) is 1.92. The molecule has 0 aromatic heterocycles. The number of hydrogen-bond acceptors (Lipinski definition) is 4. The number of esters is 1. The van der Waals surface area contributed by atoms with Gasteiger partial charge in [0.05, 0.1) is 19.2 Å². The van der Waals surface area contributed by atoms with Crippen LogP contribution in [0, 0.1) is 11.6 Å². The summed E-state index contributed by atoms with van der Waals surface area (Å²) in [5.74, 6) is -5.80. The smallest absolute Gasteiger partial charge is 0.428 e. The molecule has 1 atom stereocenters. The molecule has 0 aliphatic rings. The summed E-state index contributed by atoms with van der Waals surface area (Å²) >= 11 is 0. The number of methoxy groups -OCH3 is 1. The first-order valence-corrected chi connectivity index (χ1v) is 5.63. The number of carbonyl (C=O) groups is 2. The van der Waals surface area contributed by atoms with Crippen LogP contribution in [0.3, 0.4) is 0 Å². The van der Waals surface area contributed by atoms with Gasteiger partial charge in [0, 0.05) is 6.07 Å². The fourth-order valence-electron chi connectivity index (χ4n) is 1.47. The number of amides is 1. The van der Waals surface area contributed by atoms with Gasteiger partial charge in [0.15, 0.2) is 0 Å². The fourth-order valence-corrected chi connectivity index (χ4v) is 1.47. The van der Waals surface area contributed by atoms with Crippen LogP contribution >= 0.6 is 0 Å². The van der Waals surface area contributed by atoms with E-state index in [1.165, 1.54) is 0 Å². The molecule has 1 amide bonds. The van der Waals surface area contributed by atoms with E-state index in [1.807, 2.05) is 0 Å². The van der Waals surface area contributed by atoms with E-state index in [2.05, 4.69) is 4.74 Å². The number of ether oxygens (including phenoxy) is 1. The Hall–Kier alpha value is -2.23. The van der Waals surface area contributed by atoms with Gasteiger partial charge in [-0.2, -0.15) is 13.2 Å².